The molecule has 7 nitrogen and oxygen atoms in total. The van der Waals surface area contributed by atoms with Crippen molar-refractivity contribution in [1.29, 1.82) is 0 Å². The van der Waals surface area contributed by atoms with Gasteiger partial charge in [-0.15, -0.1) is 0 Å². The first-order chi connectivity index (χ1) is 12.5. The Morgan fingerprint density at radius 2 is 2.08 bits per heavy atom. The van der Waals surface area contributed by atoms with Crippen LogP contribution in [0.3, 0.4) is 0 Å². The lowest BCUT2D eigenvalue weighted by atomic mass is 10.1. The molecule has 1 aromatic heterocycles. The number of ether oxygens (including phenoxy) is 1. The third kappa shape index (κ3) is 4.91. The molecule has 0 spiro atoms. The van der Waals surface area contributed by atoms with Crippen LogP contribution in [-0.2, 0) is 11.2 Å². The monoisotopic (exact) mass is 360 g/mol. The molecule has 2 aromatic rings. The van der Waals surface area contributed by atoms with Gasteiger partial charge in [0.2, 0.25) is 11.5 Å². The normalized spacial score (nSPS) is 12.1. The summed E-state index contributed by atoms with van der Waals surface area (Å²) in [6.07, 6.45) is 1.96. The minimum absolute atomic E-state index is 0.184. The van der Waals surface area contributed by atoms with Crippen molar-refractivity contribution in [2.45, 2.75) is 46.6 Å². The van der Waals surface area contributed by atoms with Gasteiger partial charge < -0.3 is 10.2 Å². The van der Waals surface area contributed by atoms with E-state index in [0.29, 0.717) is 6.61 Å². The summed E-state index contributed by atoms with van der Waals surface area (Å²) in [7, 11) is 1.70. The molecule has 0 fully saturated rings. The number of benzene rings is 1. The van der Waals surface area contributed by atoms with Gasteiger partial charge in [0.25, 0.3) is 5.82 Å². The summed E-state index contributed by atoms with van der Waals surface area (Å²) in [5, 5.41) is 5.53. The summed E-state index contributed by atoms with van der Waals surface area (Å²) in [4.78, 5) is 7.91. The Kier molecular flexibility index (Phi) is 7.32. The summed E-state index contributed by atoms with van der Waals surface area (Å²) in [5.74, 6) is 8.26. The van der Waals surface area contributed by atoms with Crippen molar-refractivity contribution in [2.24, 2.45) is 5.84 Å². The first-order valence-electron chi connectivity index (χ1n) is 9.12. The molecule has 0 amide bonds. The maximum Gasteiger partial charge on any atom is 0.332 e. The van der Waals surface area contributed by atoms with Gasteiger partial charge in [-0.25, -0.2) is 16.1 Å². The molecule has 0 aliphatic carbocycles. The number of anilines is 2. The van der Waals surface area contributed by atoms with Gasteiger partial charge in [-0.2, -0.15) is 0 Å². The summed E-state index contributed by atoms with van der Waals surface area (Å²) in [5.41, 5.74) is 7.22. The number of aryl methyl sites for hydroxylation is 3. The number of nitrogens with two attached hydrogens (primary N) is 2. The van der Waals surface area contributed by atoms with Crippen LogP contribution in [-0.4, -0.2) is 24.7 Å². The Hall–Kier alpha value is -2.22. The van der Waals surface area contributed by atoms with Gasteiger partial charge in [-0.05, 0) is 25.3 Å². The largest absolute Gasteiger partial charge is 0.381 e. The number of hydrogen-bond donors (Lipinski definition) is 4. The summed E-state index contributed by atoms with van der Waals surface area (Å²) in [6.45, 7) is 8.95. The van der Waals surface area contributed by atoms with Crippen LogP contribution in [0.25, 0.3) is 0 Å². The van der Waals surface area contributed by atoms with Crippen molar-refractivity contribution in [3.8, 4) is 0 Å². The van der Waals surface area contributed by atoms with Gasteiger partial charge in [-0.1, -0.05) is 31.0 Å². The van der Waals surface area contributed by atoms with Gasteiger partial charge in [0.05, 0.1) is 12.6 Å². The Balaban J connectivity index is 2.36. The highest BCUT2D eigenvalue weighted by Crippen LogP contribution is 2.23. The molecule has 0 radical (unpaired) electrons. The molecule has 1 unspecified atom stereocenters. The second-order valence-corrected chi connectivity index (χ2v) is 6.50. The molecular weight excluding hydrogens is 328 g/mol. The molecule has 7 heteroatoms. The third-order valence-corrected chi connectivity index (χ3v) is 4.49. The zero-order valence-corrected chi connectivity index (χ0v) is 16.4. The van der Waals surface area contributed by atoms with Crippen LogP contribution in [0.1, 0.15) is 37.2 Å². The molecule has 2 rings (SSSR count). The molecule has 1 heterocycles. The lowest BCUT2D eigenvalue weighted by Gasteiger charge is -2.15. The molecule has 0 bridgehead atoms. The number of rotatable bonds is 9. The number of quaternary nitrogens is 1. The fourth-order valence-corrected chi connectivity index (χ4v) is 2.93. The van der Waals surface area contributed by atoms with E-state index in [1.54, 1.807) is 7.11 Å². The van der Waals surface area contributed by atoms with Crippen molar-refractivity contribution >= 4 is 23.0 Å². The number of aromatic nitrogens is 2. The maximum absolute atomic E-state index is 5.83. The van der Waals surface area contributed by atoms with E-state index in [0.717, 1.165) is 41.7 Å². The molecule has 7 N–H and O–H groups in total. The SMILES string of the molecule is CCc1ccc([NH2+]c2nc(C)[nH+]c(NC(CC)COC)c2NN)c(C)c1. The van der Waals surface area contributed by atoms with E-state index in [4.69, 9.17) is 10.6 Å². The fourth-order valence-electron chi connectivity index (χ4n) is 2.93. The van der Waals surface area contributed by atoms with Crippen molar-refractivity contribution < 1.29 is 15.0 Å². The van der Waals surface area contributed by atoms with E-state index >= 15 is 0 Å². The van der Waals surface area contributed by atoms with Crippen LogP contribution in [0.5, 0.6) is 0 Å². The predicted molar refractivity (Wildman–Crippen MR) is 105 cm³/mol. The first-order valence-corrected chi connectivity index (χ1v) is 9.12. The predicted octanol–water partition coefficient (Wildman–Crippen LogP) is 1.72. The van der Waals surface area contributed by atoms with E-state index in [2.05, 4.69) is 65.0 Å². The van der Waals surface area contributed by atoms with Crippen molar-refractivity contribution in [1.82, 2.24) is 4.98 Å². The standard InChI is InChI=1S/C19H30N6O/c1-6-14-8-9-16(12(3)10-14)24-19-17(25-20)18(21-13(4)22-19)23-15(7-2)11-26-5/h8-10,15,25H,6-7,11,20H2,1-5H3,(H2,21,22,23,24)/p+2. The van der Waals surface area contributed by atoms with Crippen LogP contribution in [0, 0.1) is 13.8 Å². The highest BCUT2D eigenvalue weighted by Gasteiger charge is 2.24. The van der Waals surface area contributed by atoms with E-state index in [-0.39, 0.29) is 6.04 Å². The number of methoxy groups -OCH3 is 1. The smallest absolute Gasteiger partial charge is 0.332 e. The molecule has 0 saturated carbocycles. The molecule has 1 aromatic carbocycles. The minimum Gasteiger partial charge on any atom is -0.381 e. The van der Waals surface area contributed by atoms with Crippen LogP contribution < -0.4 is 26.9 Å². The van der Waals surface area contributed by atoms with Crippen LogP contribution >= 0.6 is 0 Å². The second-order valence-electron chi connectivity index (χ2n) is 6.50. The van der Waals surface area contributed by atoms with Crippen molar-refractivity contribution in [3.05, 3.63) is 35.2 Å². The van der Waals surface area contributed by atoms with E-state index in [9.17, 15) is 0 Å². The number of nitrogen functional groups attached to an aromatic ring is 1. The highest BCUT2D eigenvalue weighted by molar-refractivity contribution is 5.70. The Labute approximate surface area is 155 Å². The Morgan fingerprint density at radius 1 is 1.31 bits per heavy atom. The zero-order chi connectivity index (χ0) is 19.1. The van der Waals surface area contributed by atoms with Gasteiger partial charge in [0.15, 0.2) is 0 Å². The van der Waals surface area contributed by atoms with Crippen molar-refractivity contribution in [2.75, 3.05) is 24.5 Å². The Morgan fingerprint density at radius 3 is 2.65 bits per heavy atom. The van der Waals surface area contributed by atoms with E-state index < -0.39 is 0 Å². The lowest BCUT2D eigenvalue weighted by Crippen LogP contribution is -2.72. The number of nitrogens with zero attached hydrogens (tertiary/aromatic N) is 1. The first kappa shape index (κ1) is 20.1. The topological polar surface area (TPSA) is 103 Å². The van der Waals surface area contributed by atoms with Crippen LogP contribution in [0.2, 0.25) is 0 Å². The molecule has 142 valence electrons. The van der Waals surface area contributed by atoms with E-state index in [1.807, 2.05) is 6.92 Å². The zero-order valence-electron chi connectivity index (χ0n) is 16.4. The van der Waals surface area contributed by atoms with Gasteiger partial charge in [-0.3, -0.25) is 5.32 Å². The van der Waals surface area contributed by atoms with E-state index in [1.165, 1.54) is 11.1 Å². The lowest BCUT2D eigenvalue weighted by molar-refractivity contribution is -0.485. The minimum atomic E-state index is 0.184. The molecule has 0 aliphatic rings. The third-order valence-electron chi connectivity index (χ3n) is 4.49. The number of hydrogen-bond acceptors (Lipinski definition) is 5. The van der Waals surface area contributed by atoms with Gasteiger partial charge in [0.1, 0.15) is 5.69 Å². The van der Waals surface area contributed by atoms with Gasteiger partial charge >= 0.3 is 5.82 Å². The maximum atomic E-state index is 5.83. The fraction of sp³-hybridized carbons (Fsp3) is 0.474. The molecule has 1 atom stereocenters. The Bertz CT molecular complexity index is 734. The molecular formula is C19H32N6O+2. The van der Waals surface area contributed by atoms with Crippen LogP contribution in [0.4, 0.5) is 23.0 Å². The summed E-state index contributed by atoms with van der Waals surface area (Å²) < 4.78 is 5.28. The average molecular weight is 361 g/mol. The summed E-state index contributed by atoms with van der Waals surface area (Å²) in [6, 6.07) is 6.69. The number of nitrogens with one attached hydrogen (secondary N) is 3. The molecule has 0 saturated heterocycles. The number of H-pyrrole nitrogens is 1. The van der Waals surface area contributed by atoms with Gasteiger partial charge in [0, 0.05) is 25.7 Å². The molecule has 26 heavy (non-hydrogen) atoms. The van der Waals surface area contributed by atoms with Crippen molar-refractivity contribution in [3.63, 3.8) is 0 Å². The van der Waals surface area contributed by atoms with Crippen LogP contribution in [0.15, 0.2) is 18.2 Å². The average Bonchev–Trinajstić information content (AvgIpc) is 2.62. The summed E-state index contributed by atoms with van der Waals surface area (Å²) >= 11 is 0. The second kappa shape index (κ2) is 9.47. The molecule has 0 aliphatic heterocycles. The quantitative estimate of drug-likeness (QED) is 0.310. The number of hydrazine groups is 1. The highest BCUT2D eigenvalue weighted by atomic mass is 16.5. The number of aromatic amines is 1.